The lowest BCUT2D eigenvalue weighted by molar-refractivity contribution is 0.411. The van der Waals surface area contributed by atoms with Crippen molar-refractivity contribution in [2.24, 2.45) is 0 Å². The number of fused-ring (bicyclic) bond motifs is 2. The maximum absolute atomic E-state index is 11.2. The predicted molar refractivity (Wildman–Crippen MR) is 135 cm³/mol. The summed E-state index contributed by atoms with van der Waals surface area (Å²) in [6, 6.07) is 27.5. The molecule has 5 aromatic rings. The van der Waals surface area contributed by atoms with Crippen molar-refractivity contribution >= 4 is 21.5 Å². The second-order valence-corrected chi connectivity index (χ2v) is 8.48. The lowest BCUT2D eigenvalue weighted by atomic mass is 9.77. The number of aromatic hydroxyl groups is 2. The molecule has 0 aliphatic rings. The number of benzene rings is 5. The van der Waals surface area contributed by atoms with Gasteiger partial charge in [0.1, 0.15) is 17.2 Å². The van der Waals surface area contributed by atoms with Gasteiger partial charge in [-0.25, -0.2) is 0 Å². The average molecular weight is 435 g/mol. The first-order chi connectivity index (χ1) is 16.0. The Morgan fingerprint density at radius 3 is 1.64 bits per heavy atom. The quantitative estimate of drug-likeness (QED) is 0.294. The van der Waals surface area contributed by atoms with Crippen LogP contribution in [0.1, 0.15) is 33.7 Å². The molecule has 0 spiro atoms. The van der Waals surface area contributed by atoms with Crippen LogP contribution >= 0.6 is 0 Å². The van der Waals surface area contributed by atoms with Crippen molar-refractivity contribution in [2.45, 2.75) is 19.8 Å². The van der Waals surface area contributed by atoms with E-state index in [9.17, 15) is 10.2 Å². The number of hydrogen-bond donors (Lipinski definition) is 2. The number of methoxy groups -OCH3 is 1. The summed E-state index contributed by atoms with van der Waals surface area (Å²) in [5.74, 6) is 0.851. The second kappa shape index (κ2) is 8.18. The molecular formula is C30H26O3. The van der Waals surface area contributed by atoms with Gasteiger partial charge in [-0.05, 0) is 70.3 Å². The maximum Gasteiger partial charge on any atom is 0.122 e. The standard InChI is InChI=1S/C30H26O3/c1-18-19(2)27(33-3)17-14-22(18)30(28-23-10-6-4-8-20(23)12-15-25(28)31)29-24-11-7-5-9-21(24)13-16-26(29)32/h4-17,30-32H,1-3H3. The van der Waals surface area contributed by atoms with E-state index in [1.807, 2.05) is 79.7 Å². The van der Waals surface area contributed by atoms with Crippen LogP contribution < -0.4 is 4.74 Å². The molecule has 5 aromatic carbocycles. The Kier molecular flexibility index (Phi) is 5.18. The molecule has 0 aliphatic carbocycles. The molecule has 5 rings (SSSR count). The Morgan fingerprint density at radius 2 is 1.12 bits per heavy atom. The van der Waals surface area contributed by atoms with Crippen LogP contribution in [0.4, 0.5) is 0 Å². The van der Waals surface area contributed by atoms with Crippen molar-refractivity contribution in [3.63, 3.8) is 0 Å². The minimum Gasteiger partial charge on any atom is -0.508 e. The highest BCUT2D eigenvalue weighted by molar-refractivity contribution is 5.93. The van der Waals surface area contributed by atoms with E-state index in [-0.39, 0.29) is 17.4 Å². The summed E-state index contributed by atoms with van der Waals surface area (Å²) in [7, 11) is 1.67. The van der Waals surface area contributed by atoms with Crippen molar-refractivity contribution in [3.05, 3.63) is 113 Å². The molecular weight excluding hydrogens is 408 g/mol. The van der Waals surface area contributed by atoms with Crippen LogP contribution in [0.5, 0.6) is 17.2 Å². The molecule has 0 atom stereocenters. The first kappa shape index (κ1) is 20.9. The Morgan fingerprint density at radius 1 is 0.606 bits per heavy atom. The average Bonchev–Trinajstić information content (AvgIpc) is 2.84. The van der Waals surface area contributed by atoms with Gasteiger partial charge in [-0.1, -0.05) is 66.7 Å². The van der Waals surface area contributed by atoms with E-state index in [1.54, 1.807) is 19.2 Å². The predicted octanol–water partition coefficient (Wildman–Crippen LogP) is 7.21. The van der Waals surface area contributed by atoms with Crippen LogP contribution in [0, 0.1) is 13.8 Å². The Hall–Kier alpha value is -3.98. The van der Waals surface area contributed by atoms with Crippen molar-refractivity contribution in [1.82, 2.24) is 0 Å². The lowest BCUT2D eigenvalue weighted by Crippen LogP contribution is -2.09. The molecule has 0 aromatic heterocycles. The summed E-state index contributed by atoms with van der Waals surface area (Å²) in [6.45, 7) is 4.12. The third-order valence-corrected chi connectivity index (χ3v) is 6.78. The van der Waals surface area contributed by atoms with Crippen LogP contribution in [0.15, 0.2) is 84.9 Å². The van der Waals surface area contributed by atoms with Gasteiger partial charge in [0.05, 0.1) is 7.11 Å². The zero-order valence-corrected chi connectivity index (χ0v) is 19.0. The smallest absolute Gasteiger partial charge is 0.122 e. The number of rotatable bonds is 4. The van der Waals surface area contributed by atoms with E-state index >= 15 is 0 Å². The summed E-state index contributed by atoms with van der Waals surface area (Å²) in [6.07, 6.45) is 0. The summed E-state index contributed by atoms with van der Waals surface area (Å²) in [5, 5.41) is 26.4. The highest BCUT2D eigenvalue weighted by Crippen LogP contribution is 2.48. The molecule has 164 valence electrons. The van der Waals surface area contributed by atoms with Crippen LogP contribution in [0.3, 0.4) is 0 Å². The maximum atomic E-state index is 11.2. The van der Waals surface area contributed by atoms with Gasteiger partial charge in [-0.15, -0.1) is 0 Å². The number of phenolic OH excluding ortho intramolecular Hbond substituents is 2. The number of ether oxygens (including phenoxy) is 1. The van der Waals surface area contributed by atoms with Crippen molar-refractivity contribution in [1.29, 1.82) is 0 Å². The molecule has 2 N–H and O–H groups in total. The van der Waals surface area contributed by atoms with E-state index in [2.05, 4.69) is 6.92 Å². The van der Waals surface area contributed by atoms with E-state index in [0.29, 0.717) is 0 Å². The van der Waals surface area contributed by atoms with Crippen molar-refractivity contribution in [2.75, 3.05) is 7.11 Å². The molecule has 3 heteroatoms. The van der Waals surface area contributed by atoms with Crippen molar-refractivity contribution < 1.29 is 14.9 Å². The SMILES string of the molecule is COc1ccc(C(c2c(O)ccc3ccccc23)c2c(O)ccc3ccccc23)c(C)c1C. The van der Waals surface area contributed by atoms with Crippen LogP contribution in [-0.4, -0.2) is 17.3 Å². The molecule has 0 saturated carbocycles. The molecule has 0 amide bonds. The number of phenols is 2. The zero-order valence-electron chi connectivity index (χ0n) is 19.0. The minimum absolute atomic E-state index is 0.207. The third kappa shape index (κ3) is 3.37. The molecule has 0 radical (unpaired) electrons. The van der Waals surface area contributed by atoms with E-state index in [4.69, 9.17) is 4.74 Å². The molecule has 33 heavy (non-hydrogen) atoms. The monoisotopic (exact) mass is 434 g/mol. The largest absolute Gasteiger partial charge is 0.508 e. The van der Waals surface area contributed by atoms with Gasteiger partial charge in [0.25, 0.3) is 0 Å². The van der Waals surface area contributed by atoms with Gasteiger partial charge in [0, 0.05) is 17.0 Å². The van der Waals surface area contributed by atoms with E-state index in [1.165, 1.54) is 0 Å². The van der Waals surface area contributed by atoms with Crippen LogP contribution in [-0.2, 0) is 0 Å². The molecule has 0 unspecified atom stereocenters. The topological polar surface area (TPSA) is 49.7 Å². The fourth-order valence-electron chi connectivity index (χ4n) is 4.98. The third-order valence-electron chi connectivity index (χ3n) is 6.78. The Bertz CT molecular complexity index is 1420. The molecule has 0 saturated heterocycles. The summed E-state index contributed by atoms with van der Waals surface area (Å²) in [4.78, 5) is 0. The highest BCUT2D eigenvalue weighted by Gasteiger charge is 2.28. The first-order valence-corrected chi connectivity index (χ1v) is 11.1. The Labute approximate surface area is 193 Å². The first-order valence-electron chi connectivity index (χ1n) is 11.1. The fraction of sp³-hybridized carbons (Fsp3) is 0.133. The number of hydrogen-bond acceptors (Lipinski definition) is 3. The lowest BCUT2D eigenvalue weighted by Gasteiger charge is -2.26. The van der Waals surface area contributed by atoms with E-state index < -0.39 is 0 Å². The summed E-state index contributed by atoms with van der Waals surface area (Å²) < 4.78 is 5.56. The summed E-state index contributed by atoms with van der Waals surface area (Å²) in [5.41, 5.74) is 4.70. The van der Waals surface area contributed by atoms with Gasteiger partial charge in [-0.2, -0.15) is 0 Å². The molecule has 0 aliphatic heterocycles. The second-order valence-electron chi connectivity index (χ2n) is 8.48. The van der Waals surface area contributed by atoms with Crippen LogP contribution in [0.2, 0.25) is 0 Å². The van der Waals surface area contributed by atoms with Crippen molar-refractivity contribution in [3.8, 4) is 17.2 Å². The normalized spacial score (nSPS) is 11.4. The molecule has 0 heterocycles. The minimum atomic E-state index is -0.383. The van der Waals surface area contributed by atoms with Gasteiger partial charge in [0.15, 0.2) is 0 Å². The fourth-order valence-corrected chi connectivity index (χ4v) is 4.98. The highest BCUT2D eigenvalue weighted by atomic mass is 16.5. The molecule has 0 fully saturated rings. The Balaban J connectivity index is 1.94. The molecule has 0 bridgehead atoms. The van der Waals surface area contributed by atoms with Gasteiger partial charge in [0.2, 0.25) is 0 Å². The molecule has 3 nitrogen and oxygen atoms in total. The van der Waals surface area contributed by atoms with E-state index in [0.717, 1.165) is 55.1 Å². The van der Waals surface area contributed by atoms with Gasteiger partial charge < -0.3 is 14.9 Å². The zero-order chi connectivity index (χ0) is 23.1. The van der Waals surface area contributed by atoms with Gasteiger partial charge in [-0.3, -0.25) is 0 Å². The summed E-state index contributed by atoms with van der Waals surface area (Å²) >= 11 is 0. The van der Waals surface area contributed by atoms with Gasteiger partial charge >= 0.3 is 0 Å². The van der Waals surface area contributed by atoms with Crippen LogP contribution in [0.25, 0.3) is 21.5 Å².